The SMILES string of the molecule is Brc1ccc2c(c1)CCN2C1CSC1. The molecule has 0 amide bonds. The number of rotatable bonds is 1. The van der Waals surface area contributed by atoms with Gasteiger partial charge in [-0.2, -0.15) is 11.8 Å². The number of thioether (sulfide) groups is 1. The summed E-state index contributed by atoms with van der Waals surface area (Å²) in [6.45, 7) is 1.22. The van der Waals surface area contributed by atoms with Crippen LogP contribution >= 0.6 is 27.7 Å². The first kappa shape index (κ1) is 9.10. The van der Waals surface area contributed by atoms with Crippen LogP contribution in [0.15, 0.2) is 22.7 Å². The molecular weight excluding hydrogens is 258 g/mol. The minimum Gasteiger partial charge on any atom is -0.366 e. The highest BCUT2D eigenvalue weighted by atomic mass is 79.9. The molecule has 0 saturated carbocycles. The second-order valence-electron chi connectivity index (χ2n) is 3.91. The van der Waals surface area contributed by atoms with E-state index in [1.165, 1.54) is 40.2 Å². The minimum absolute atomic E-state index is 0.808. The monoisotopic (exact) mass is 269 g/mol. The number of hydrogen-bond acceptors (Lipinski definition) is 2. The fourth-order valence-electron chi connectivity index (χ4n) is 2.18. The van der Waals surface area contributed by atoms with Crippen molar-refractivity contribution in [2.45, 2.75) is 12.5 Å². The van der Waals surface area contributed by atoms with Crippen LogP contribution < -0.4 is 4.90 Å². The molecule has 74 valence electrons. The zero-order valence-electron chi connectivity index (χ0n) is 7.87. The number of benzene rings is 1. The largest absolute Gasteiger partial charge is 0.366 e. The summed E-state index contributed by atoms with van der Waals surface area (Å²) >= 11 is 5.59. The van der Waals surface area contributed by atoms with Gasteiger partial charge < -0.3 is 4.90 Å². The summed E-state index contributed by atoms with van der Waals surface area (Å²) in [5.41, 5.74) is 2.98. The van der Waals surface area contributed by atoms with Gasteiger partial charge in [0.1, 0.15) is 0 Å². The van der Waals surface area contributed by atoms with Crippen molar-refractivity contribution in [1.82, 2.24) is 0 Å². The molecule has 0 spiro atoms. The highest BCUT2D eigenvalue weighted by Crippen LogP contribution is 2.35. The summed E-state index contributed by atoms with van der Waals surface area (Å²) in [4.78, 5) is 2.58. The van der Waals surface area contributed by atoms with E-state index in [9.17, 15) is 0 Å². The van der Waals surface area contributed by atoms with Crippen LogP contribution in [0.3, 0.4) is 0 Å². The first-order valence-electron chi connectivity index (χ1n) is 4.97. The molecule has 1 aromatic carbocycles. The second kappa shape index (κ2) is 3.46. The fraction of sp³-hybridized carbons (Fsp3) is 0.455. The van der Waals surface area contributed by atoms with E-state index in [2.05, 4.69) is 50.8 Å². The molecule has 0 atom stereocenters. The van der Waals surface area contributed by atoms with Gasteiger partial charge >= 0.3 is 0 Å². The molecule has 0 bridgehead atoms. The Labute approximate surface area is 97.0 Å². The highest BCUT2D eigenvalue weighted by Gasteiger charge is 2.30. The lowest BCUT2D eigenvalue weighted by atomic mass is 10.2. The Balaban J connectivity index is 1.93. The molecule has 3 heteroatoms. The van der Waals surface area contributed by atoms with Crippen molar-refractivity contribution >= 4 is 33.4 Å². The van der Waals surface area contributed by atoms with Crippen LogP contribution in [0.2, 0.25) is 0 Å². The van der Waals surface area contributed by atoms with E-state index < -0.39 is 0 Å². The van der Waals surface area contributed by atoms with Gasteiger partial charge in [-0.05, 0) is 30.2 Å². The van der Waals surface area contributed by atoms with Crippen molar-refractivity contribution in [3.63, 3.8) is 0 Å². The van der Waals surface area contributed by atoms with Gasteiger partial charge in [0.15, 0.2) is 0 Å². The van der Waals surface area contributed by atoms with Gasteiger partial charge in [-0.3, -0.25) is 0 Å². The Morgan fingerprint density at radius 3 is 2.93 bits per heavy atom. The van der Waals surface area contributed by atoms with Crippen LogP contribution in [-0.2, 0) is 6.42 Å². The predicted molar refractivity (Wildman–Crippen MR) is 66.3 cm³/mol. The van der Waals surface area contributed by atoms with E-state index in [0.29, 0.717) is 0 Å². The molecule has 0 radical (unpaired) electrons. The summed E-state index contributed by atoms with van der Waals surface area (Å²) in [6, 6.07) is 7.49. The minimum atomic E-state index is 0.808. The lowest BCUT2D eigenvalue weighted by molar-refractivity contribution is 0.702. The van der Waals surface area contributed by atoms with Gasteiger partial charge in [-0.25, -0.2) is 0 Å². The van der Waals surface area contributed by atoms with Gasteiger partial charge in [-0.15, -0.1) is 0 Å². The molecule has 1 aromatic rings. The van der Waals surface area contributed by atoms with Crippen molar-refractivity contribution in [2.24, 2.45) is 0 Å². The maximum Gasteiger partial charge on any atom is 0.0471 e. The van der Waals surface area contributed by atoms with Crippen LogP contribution in [-0.4, -0.2) is 24.1 Å². The molecule has 14 heavy (non-hydrogen) atoms. The predicted octanol–water partition coefficient (Wildman–Crippen LogP) is 2.93. The molecule has 2 aliphatic heterocycles. The van der Waals surface area contributed by atoms with Gasteiger partial charge in [0.25, 0.3) is 0 Å². The summed E-state index contributed by atoms with van der Waals surface area (Å²) in [6.07, 6.45) is 1.22. The van der Waals surface area contributed by atoms with Gasteiger partial charge in [0.05, 0.1) is 0 Å². The molecule has 0 aromatic heterocycles. The van der Waals surface area contributed by atoms with Crippen molar-refractivity contribution in [3.05, 3.63) is 28.2 Å². The number of anilines is 1. The van der Waals surface area contributed by atoms with Gasteiger partial charge in [-0.1, -0.05) is 15.9 Å². The second-order valence-corrected chi connectivity index (χ2v) is 5.90. The average molecular weight is 270 g/mol. The molecule has 2 aliphatic rings. The Morgan fingerprint density at radius 1 is 1.36 bits per heavy atom. The molecular formula is C11H12BrNS. The first-order valence-corrected chi connectivity index (χ1v) is 6.92. The third-order valence-electron chi connectivity index (χ3n) is 3.03. The van der Waals surface area contributed by atoms with E-state index >= 15 is 0 Å². The highest BCUT2D eigenvalue weighted by molar-refractivity contribution is 9.10. The van der Waals surface area contributed by atoms with E-state index in [0.717, 1.165) is 6.04 Å². The van der Waals surface area contributed by atoms with Crippen LogP contribution in [0.1, 0.15) is 5.56 Å². The molecule has 1 nitrogen and oxygen atoms in total. The first-order chi connectivity index (χ1) is 6.84. The van der Waals surface area contributed by atoms with E-state index in [1.54, 1.807) is 0 Å². The van der Waals surface area contributed by atoms with E-state index in [-0.39, 0.29) is 0 Å². The molecule has 0 unspecified atom stereocenters. The molecule has 3 rings (SSSR count). The normalized spacial score (nSPS) is 20.8. The zero-order valence-corrected chi connectivity index (χ0v) is 10.3. The Morgan fingerprint density at radius 2 is 2.21 bits per heavy atom. The number of nitrogens with zero attached hydrogens (tertiary/aromatic N) is 1. The summed E-state index contributed by atoms with van der Waals surface area (Å²) < 4.78 is 1.21. The van der Waals surface area contributed by atoms with Crippen LogP contribution in [0.25, 0.3) is 0 Å². The van der Waals surface area contributed by atoms with E-state index in [4.69, 9.17) is 0 Å². The Bertz CT molecular complexity index is 362. The summed E-state index contributed by atoms with van der Waals surface area (Å²) in [5, 5.41) is 0. The van der Waals surface area contributed by atoms with Crippen molar-refractivity contribution in [1.29, 1.82) is 0 Å². The quantitative estimate of drug-likeness (QED) is 0.772. The smallest absolute Gasteiger partial charge is 0.0471 e. The van der Waals surface area contributed by atoms with Gasteiger partial charge in [0.2, 0.25) is 0 Å². The Hall–Kier alpha value is -0.150. The average Bonchev–Trinajstić information content (AvgIpc) is 2.45. The maximum atomic E-state index is 3.53. The van der Waals surface area contributed by atoms with Crippen molar-refractivity contribution < 1.29 is 0 Å². The molecule has 1 fully saturated rings. The van der Waals surface area contributed by atoms with E-state index in [1.807, 2.05) is 0 Å². The topological polar surface area (TPSA) is 3.24 Å². The third-order valence-corrected chi connectivity index (χ3v) is 4.77. The van der Waals surface area contributed by atoms with Gasteiger partial charge in [0, 0.05) is 34.3 Å². The van der Waals surface area contributed by atoms with Crippen LogP contribution in [0.5, 0.6) is 0 Å². The molecule has 2 heterocycles. The molecule has 0 aliphatic carbocycles. The fourth-order valence-corrected chi connectivity index (χ4v) is 3.39. The van der Waals surface area contributed by atoms with Crippen molar-refractivity contribution in [2.75, 3.05) is 23.0 Å². The molecule has 0 N–H and O–H groups in total. The van der Waals surface area contributed by atoms with Crippen LogP contribution in [0.4, 0.5) is 5.69 Å². The lowest BCUT2D eigenvalue weighted by Crippen LogP contribution is -2.43. The summed E-state index contributed by atoms with van der Waals surface area (Å²) in [5.74, 6) is 2.63. The van der Waals surface area contributed by atoms with Crippen LogP contribution in [0, 0.1) is 0 Å². The lowest BCUT2D eigenvalue weighted by Gasteiger charge is -2.36. The number of fused-ring (bicyclic) bond motifs is 1. The zero-order chi connectivity index (χ0) is 9.54. The third kappa shape index (κ3) is 1.38. The summed E-state index contributed by atoms with van der Waals surface area (Å²) in [7, 11) is 0. The number of halogens is 1. The Kier molecular flexibility index (Phi) is 2.25. The van der Waals surface area contributed by atoms with Crippen molar-refractivity contribution in [3.8, 4) is 0 Å². The molecule has 1 saturated heterocycles. The maximum absolute atomic E-state index is 3.53. The standard InChI is InChI=1S/C11H12BrNS/c12-9-1-2-11-8(5-9)3-4-13(11)10-6-14-7-10/h1-2,5,10H,3-4,6-7H2. The number of hydrogen-bond donors (Lipinski definition) is 0.